The highest BCUT2D eigenvalue weighted by Gasteiger charge is 2.34. The van der Waals surface area contributed by atoms with E-state index in [9.17, 15) is 22.4 Å². The van der Waals surface area contributed by atoms with Crippen molar-refractivity contribution in [3.63, 3.8) is 0 Å². The Hall–Kier alpha value is -3.73. The Morgan fingerprint density at radius 3 is 2.33 bits per heavy atom. The second kappa shape index (κ2) is 9.41. The summed E-state index contributed by atoms with van der Waals surface area (Å²) in [6.07, 6.45) is -4.87. The number of carbonyl (C=O) groups is 1. The fourth-order valence-corrected chi connectivity index (χ4v) is 3.31. The Morgan fingerprint density at radius 2 is 1.67 bits per heavy atom. The lowest BCUT2D eigenvalue weighted by Gasteiger charge is -2.27. The van der Waals surface area contributed by atoms with E-state index in [0.717, 1.165) is 25.0 Å². The van der Waals surface area contributed by atoms with E-state index in [1.54, 1.807) is 24.3 Å². The summed E-state index contributed by atoms with van der Waals surface area (Å²) in [5.41, 5.74) is 0.0185. The molecule has 2 aromatic carbocycles. The number of amides is 2. The monoisotopic (exact) mass is 461 g/mol. The smallest absolute Gasteiger partial charge is 0.378 e. The number of urea groups is 1. The molecule has 0 aliphatic carbocycles. The standard InChI is InChI=1S/C22H19F4N5O2/c23-18-5-4-16(13-17(18)22(24,25)26)28-21(32)27-15-3-1-2-14(12-15)19-6-7-20(30-29-19)31-8-10-33-11-9-31/h1-7,12-13H,8-11H2,(H2,27,28,32). The maximum atomic E-state index is 13.4. The molecule has 0 spiro atoms. The van der Waals surface area contributed by atoms with Crippen LogP contribution in [-0.4, -0.2) is 42.5 Å². The highest BCUT2D eigenvalue weighted by Crippen LogP contribution is 2.33. The number of hydrogen-bond donors (Lipinski definition) is 2. The Bertz CT molecular complexity index is 1130. The van der Waals surface area contributed by atoms with Gasteiger partial charge in [0, 0.05) is 30.0 Å². The van der Waals surface area contributed by atoms with Gasteiger partial charge in [-0.1, -0.05) is 12.1 Å². The highest BCUT2D eigenvalue weighted by atomic mass is 19.4. The fraction of sp³-hybridized carbons (Fsp3) is 0.227. The quantitative estimate of drug-likeness (QED) is 0.547. The molecular formula is C22H19F4N5O2. The third-order valence-electron chi connectivity index (χ3n) is 4.93. The molecule has 1 fully saturated rings. The van der Waals surface area contributed by atoms with Gasteiger partial charge in [0.2, 0.25) is 0 Å². The molecule has 1 aromatic heterocycles. The Balaban J connectivity index is 1.43. The summed E-state index contributed by atoms with van der Waals surface area (Å²) < 4.78 is 57.3. The van der Waals surface area contributed by atoms with Crippen molar-refractivity contribution in [2.45, 2.75) is 6.18 Å². The van der Waals surface area contributed by atoms with Gasteiger partial charge in [0.05, 0.1) is 24.5 Å². The molecule has 0 unspecified atom stereocenters. The number of carbonyl (C=O) groups excluding carboxylic acids is 1. The zero-order valence-electron chi connectivity index (χ0n) is 17.2. The van der Waals surface area contributed by atoms with Crippen LogP contribution in [0.25, 0.3) is 11.3 Å². The first-order chi connectivity index (χ1) is 15.8. The van der Waals surface area contributed by atoms with Crippen molar-refractivity contribution in [2.24, 2.45) is 0 Å². The molecule has 2 N–H and O–H groups in total. The minimum absolute atomic E-state index is 0.193. The maximum absolute atomic E-state index is 13.4. The molecule has 0 saturated carbocycles. The van der Waals surface area contributed by atoms with Crippen LogP contribution in [0.1, 0.15) is 5.56 Å². The van der Waals surface area contributed by atoms with Gasteiger partial charge in [-0.05, 0) is 42.5 Å². The summed E-state index contributed by atoms with van der Waals surface area (Å²) in [6, 6.07) is 11.9. The zero-order valence-corrected chi connectivity index (χ0v) is 17.2. The second-order valence-electron chi connectivity index (χ2n) is 7.23. The fourth-order valence-electron chi connectivity index (χ4n) is 3.31. The van der Waals surface area contributed by atoms with Crippen LogP contribution >= 0.6 is 0 Å². The summed E-state index contributed by atoms with van der Waals surface area (Å²) in [5.74, 6) is -0.671. The first kappa shape index (κ1) is 22.5. The number of alkyl halides is 3. The lowest BCUT2D eigenvalue weighted by Crippen LogP contribution is -2.36. The summed E-state index contributed by atoms with van der Waals surface area (Å²) >= 11 is 0. The van der Waals surface area contributed by atoms with E-state index in [2.05, 4.69) is 25.7 Å². The van der Waals surface area contributed by atoms with Crippen molar-refractivity contribution in [1.82, 2.24) is 10.2 Å². The number of hydrogen-bond acceptors (Lipinski definition) is 5. The molecule has 0 atom stereocenters. The predicted molar refractivity (Wildman–Crippen MR) is 115 cm³/mol. The van der Waals surface area contributed by atoms with Gasteiger partial charge in [0.1, 0.15) is 5.82 Å². The van der Waals surface area contributed by atoms with E-state index in [1.165, 1.54) is 0 Å². The van der Waals surface area contributed by atoms with Gasteiger partial charge in [0.25, 0.3) is 0 Å². The molecule has 1 aliphatic heterocycles. The van der Waals surface area contributed by atoms with Crippen LogP contribution in [0.2, 0.25) is 0 Å². The lowest BCUT2D eigenvalue weighted by molar-refractivity contribution is -0.139. The predicted octanol–water partition coefficient (Wildman–Crippen LogP) is 4.78. The third-order valence-corrected chi connectivity index (χ3v) is 4.93. The Kier molecular flexibility index (Phi) is 6.40. The van der Waals surface area contributed by atoms with Gasteiger partial charge >= 0.3 is 12.2 Å². The molecule has 1 saturated heterocycles. The molecule has 3 aromatic rings. The molecule has 1 aliphatic rings. The average Bonchev–Trinajstić information content (AvgIpc) is 2.80. The van der Waals surface area contributed by atoms with Crippen LogP contribution in [0.4, 0.5) is 39.5 Å². The molecule has 33 heavy (non-hydrogen) atoms. The number of halogens is 4. The molecule has 11 heteroatoms. The number of nitrogens with one attached hydrogen (secondary N) is 2. The van der Waals surface area contributed by atoms with Crippen molar-refractivity contribution >= 4 is 23.2 Å². The summed E-state index contributed by atoms with van der Waals surface area (Å²) in [6.45, 7) is 2.74. The van der Waals surface area contributed by atoms with Crippen LogP contribution in [-0.2, 0) is 10.9 Å². The number of morpholine rings is 1. The summed E-state index contributed by atoms with van der Waals surface area (Å²) in [4.78, 5) is 14.3. The van der Waals surface area contributed by atoms with Crippen molar-refractivity contribution in [2.75, 3.05) is 41.8 Å². The lowest BCUT2D eigenvalue weighted by atomic mass is 10.1. The molecule has 2 amide bonds. The van der Waals surface area contributed by atoms with E-state index < -0.39 is 23.6 Å². The minimum Gasteiger partial charge on any atom is -0.378 e. The van der Waals surface area contributed by atoms with Gasteiger partial charge in [-0.25, -0.2) is 9.18 Å². The Morgan fingerprint density at radius 1 is 0.939 bits per heavy atom. The average molecular weight is 461 g/mol. The maximum Gasteiger partial charge on any atom is 0.419 e. The van der Waals surface area contributed by atoms with Crippen molar-refractivity contribution < 1.29 is 27.1 Å². The van der Waals surface area contributed by atoms with Gasteiger partial charge in [-0.3, -0.25) is 0 Å². The number of ether oxygens (including phenoxy) is 1. The van der Waals surface area contributed by atoms with E-state index in [0.29, 0.717) is 42.3 Å². The van der Waals surface area contributed by atoms with Crippen LogP contribution in [0.15, 0.2) is 54.6 Å². The largest absolute Gasteiger partial charge is 0.419 e. The third kappa shape index (κ3) is 5.55. The first-order valence-corrected chi connectivity index (χ1v) is 10.0. The molecular weight excluding hydrogens is 442 g/mol. The first-order valence-electron chi connectivity index (χ1n) is 10.0. The summed E-state index contributed by atoms with van der Waals surface area (Å²) in [5, 5.41) is 13.3. The van der Waals surface area contributed by atoms with E-state index in [1.807, 2.05) is 12.1 Å². The molecule has 2 heterocycles. The molecule has 172 valence electrons. The van der Waals surface area contributed by atoms with Gasteiger partial charge in [0.15, 0.2) is 5.82 Å². The number of benzene rings is 2. The van der Waals surface area contributed by atoms with Gasteiger partial charge in [-0.15, -0.1) is 10.2 Å². The highest BCUT2D eigenvalue weighted by molar-refractivity contribution is 6.00. The number of aromatic nitrogens is 2. The van der Waals surface area contributed by atoms with E-state index >= 15 is 0 Å². The van der Waals surface area contributed by atoms with Gasteiger partial charge in [-0.2, -0.15) is 13.2 Å². The number of rotatable bonds is 4. The van der Waals surface area contributed by atoms with E-state index in [4.69, 9.17) is 4.74 Å². The van der Waals surface area contributed by atoms with Crippen LogP contribution < -0.4 is 15.5 Å². The van der Waals surface area contributed by atoms with Crippen LogP contribution in [0.5, 0.6) is 0 Å². The number of nitrogens with zero attached hydrogens (tertiary/aromatic N) is 3. The van der Waals surface area contributed by atoms with Crippen LogP contribution in [0, 0.1) is 5.82 Å². The normalized spacial score (nSPS) is 14.1. The van der Waals surface area contributed by atoms with Crippen LogP contribution in [0.3, 0.4) is 0 Å². The van der Waals surface area contributed by atoms with E-state index in [-0.39, 0.29) is 5.69 Å². The molecule has 0 radical (unpaired) electrons. The van der Waals surface area contributed by atoms with Gasteiger partial charge < -0.3 is 20.3 Å². The van der Waals surface area contributed by atoms with Crippen molar-refractivity contribution in [3.05, 3.63) is 66.0 Å². The Labute approximate surface area is 186 Å². The molecule has 4 rings (SSSR count). The van der Waals surface area contributed by atoms with Crippen molar-refractivity contribution in [1.29, 1.82) is 0 Å². The minimum atomic E-state index is -4.87. The molecule has 7 nitrogen and oxygen atoms in total. The SMILES string of the molecule is O=C(Nc1cccc(-c2ccc(N3CCOCC3)nn2)c1)Nc1ccc(F)c(C(F)(F)F)c1. The zero-order chi connectivity index (χ0) is 23.4. The second-order valence-corrected chi connectivity index (χ2v) is 7.23. The topological polar surface area (TPSA) is 79.4 Å². The van der Waals surface area contributed by atoms with Crippen molar-refractivity contribution in [3.8, 4) is 11.3 Å². The molecule has 0 bridgehead atoms. The summed E-state index contributed by atoms with van der Waals surface area (Å²) in [7, 11) is 0. The number of anilines is 3.